The molecule has 0 spiro atoms. The van der Waals surface area contributed by atoms with Crippen molar-refractivity contribution >= 4 is 11.6 Å². The molecule has 21 heavy (non-hydrogen) atoms. The van der Waals surface area contributed by atoms with Crippen LogP contribution >= 0.6 is 11.6 Å². The van der Waals surface area contributed by atoms with E-state index in [1.54, 1.807) is 6.07 Å². The summed E-state index contributed by atoms with van der Waals surface area (Å²) in [4.78, 5) is 0. The van der Waals surface area contributed by atoms with Crippen molar-refractivity contribution < 1.29 is 4.39 Å². The van der Waals surface area contributed by atoms with Gasteiger partial charge in [-0.3, -0.25) is 4.68 Å². The monoisotopic (exact) mass is 309 g/mol. The van der Waals surface area contributed by atoms with Gasteiger partial charge in [0.05, 0.1) is 16.4 Å². The second kappa shape index (κ2) is 7.05. The predicted molar refractivity (Wildman–Crippen MR) is 84.4 cm³/mol. The number of rotatable bonds is 6. The van der Waals surface area contributed by atoms with Crippen molar-refractivity contribution in [2.24, 2.45) is 0 Å². The first-order valence-electron chi connectivity index (χ1n) is 7.19. The number of nitrogens with zero attached hydrogens (tertiary/aromatic N) is 2. The van der Waals surface area contributed by atoms with Crippen molar-refractivity contribution in [3.63, 3.8) is 0 Å². The maximum absolute atomic E-state index is 14.1. The predicted octanol–water partition coefficient (Wildman–Crippen LogP) is 3.55. The fraction of sp³-hybridized carbons (Fsp3) is 0.438. The SMILES string of the molecule is CCn1nc(C)c(Cl)c1CC(CNC)c1ccccc1F. The maximum Gasteiger partial charge on any atom is 0.126 e. The van der Waals surface area contributed by atoms with Gasteiger partial charge in [0, 0.05) is 19.0 Å². The Balaban J connectivity index is 2.35. The minimum Gasteiger partial charge on any atom is -0.319 e. The normalized spacial score (nSPS) is 12.6. The Morgan fingerprint density at radius 1 is 1.38 bits per heavy atom. The van der Waals surface area contributed by atoms with Crippen LogP contribution < -0.4 is 5.32 Å². The number of hydrogen-bond acceptors (Lipinski definition) is 2. The highest BCUT2D eigenvalue weighted by molar-refractivity contribution is 6.31. The fourth-order valence-electron chi connectivity index (χ4n) is 2.64. The third-order valence-corrected chi connectivity index (χ3v) is 4.18. The van der Waals surface area contributed by atoms with Crippen LogP contribution in [0.4, 0.5) is 4.39 Å². The molecule has 0 fully saturated rings. The van der Waals surface area contributed by atoms with Crippen LogP contribution in [0.5, 0.6) is 0 Å². The zero-order chi connectivity index (χ0) is 15.4. The summed E-state index contributed by atoms with van der Waals surface area (Å²) < 4.78 is 16.0. The van der Waals surface area contributed by atoms with E-state index < -0.39 is 0 Å². The second-order valence-corrected chi connectivity index (χ2v) is 5.52. The van der Waals surface area contributed by atoms with E-state index in [0.29, 0.717) is 23.6 Å². The third kappa shape index (κ3) is 3.44. The molecule has 0 saturated carbocycles. The zero-order valence-corrected chi connectivity index (χ0v) is 13.4. The summed E-state index contributed by atoms with van der Waals surface area (Å²) in [5.41, 5.74) is 2.51. The van der Waals surface area contributed by atoms with Crippen LogP contribution in [-0.4, -0.2) is 23.4 Å². The van der Waals surface area contributed by atoms with Gasteiger partial charge in [-0.25, -0.2) is 4.39 Å². The lowest BCUT2D eigenvalue weighted by Gasteiger charge is -2.18. The number of likely N-dealkylation sites (N-methyl/N-ethyl adjacent to an activating group) is 1. The smallest absolute Gasteiger partial charge is 0.126 e. The third-order valence-electron chi connectivity index (χ3n) is 3.69. The number of benzene rings is 1. The molecule has 1 N–H and O–H groups in total. The number of hydrogen-bond donors (Lipinski definition) is 1. The highest BCUT2D eigenvalue weighted by Crippen LogP contribution is 2.28. The van der Waals surface area contributed by atoms with Crippen molar-refractivity contribution in [3.8, 4) is 0 Å². The van der Waals surface area contributed by atoms with Crippen LogP contribution in [0, 0.1) is 12.7 Å². The van der Waals surface area contributed by atoms with E-state index in [-0.39, 0.29) is 11.7 Å². The van der Waals surface area contributed by atoms with Gasteiger partial charge < -0.3 is 5.32 Å². The van der Waals surface area contributed by atoms with E-state index in [2.05, 4.69) is 10.4 Å². The Hall–Kier alpha value is -1.39. The van der Waals surface area contributed by atoms with Crippen LogP contribution in [0.3, 0.4) is 0 Å². The molecule has 1 aromatic carbocycles. The van der Waals surface area contributed by atoms with Crippen molar-refractivity contribution in [3.05, 3.63) is 52.1 Å². The summed E-state index contributed by atoms with van der Waals surface area (Å²) >= 11 is 6.37. The van der Waals surface area contributed by atoms with E-state index in [9.17, 15) is 4.39 Å². The van der Waals surface area contributed by atoms with Crippen LogP contribution in [-0.2, 0) is 13.0 Å². The molecule has 1 atom stereocenters. The van der Waals surface area contributed by atoms with Gasteiger partial charge in [0.1, 0.15) is 5.82 Å². The molecule has 1 heterocycles. The van der Waals surface area contributed by atoms with E-state index >= 15 is 0 Å². The van der Waals surface area contributed by atoms with Crippen LogP contribution in [0.25, 0.3) is 0 Å². The molecule has 114 valence electrons. The molecule has 1 aromatic heterocycles. The summed E-state index contributed by atoms with van der Waals surface area (Å²) in [6.45, 7) is 5.37. The Labute approximate surface area is 130 Å². The molecule has 0 aliphatic carbocycles. The van der Waals surface area contributed by atoms with Crippen molar-refractivity contribution in [1.82, 2.24) is 15.1 Å². The first-order valence-corrected chi connectivity index (χ1v) is 7.57. The summed E-state index contributed by atoms with van der Waals surface area (Å²) in [6, 6.07) is 6.92. The molecule has 3 nitrogen and oxygen atoms in total. The van der Waals surface area contributed by atoms with E-state index in [4.69, 9.17) is 11.6 Å². The molecular formula is C16H21ClFN3. The largest absolute Gasteiger partial charge is 0.319 e. The number of halogens is 2. The fourth-order valence-corrected chi connectivity index (χ4v) is 2.85. The number of aryl methyl sites for hydroxylation is 2. The topological polar surface area (TPSA) is 29.9 Å². The first-order chi connectivity index (χ1) is 10.1. The lowest BCUT2D eigenvalue weighted by atomic mass is 9.93. The lowest BCUT2D eigenvalue weighted by Crippen LogP contribution is -2.21. The second-order valence-electron chi connectivity index (χ2n) is 5.14. The van der Waals surface area contributed by atoms with E-state index in [1.165, 1.54) is 6.07 Å². The molecule has 0 aliphatic rings. The Bertz CT molecular complexity index is 610. The summed E-state index contributed by atoms with van der Waals surface area (Å²) in [6.07, 6.45) is 0.662. The quantitative estimate of drug-likeness (QED) is 0.884. The van der Waals surface area contributed by atoms with Gasteiger partial charge in [0.25, 0.3) is 0 Å². The molecule has 2 aromatic rings. The van der Waals surface area contributed by atoms with Crippen LogP contribution in [0.1, 0.15) is 29.8 Å². The zero-order valence-electron chi connectivity index (χ0n) is 12.7. The minimum atomic E-state index is -0.173. The standard InChI is InChI=1S/C16H21ClFN3/c1-4-21-15(16(17)11(2)20-21)9-12(10-19-3)13-7-5-6-8-14(13)18/h5-8,12,19H,4,9-10H2,1-3H3. The first kappa shape index (κ1) is 16.0. The summed E-state index contributed by atoms with van der Waals surface area (Å²) in [7, 11) is 1.87. The molecule has 0 aliphatic heterocycles. The number of nitrogens with one attached hydrogen (secondary N) is 1. The molecule has 1 unspecified atom stereocenters. The molecule has 0 saturated heterocycles. The average Bonchev–Trinajstić information content (AvgIpc) is 2.75. The van der Waals surface area contributed by atoms with Gasteiger partial charge in [0.2, 0.25) is 0 Å². The molecule has 0 amide bonds. The van der Waals surface area contributed by atoms with Gasteiger partial charge in [-0.15, -0.1) is 0 Å². The van der Waals surface area contributed by atoms with Gasteiger partial charge in [-0.2, -0.15) is 5.10 Å². The van der Waals surface area contributed by atoms with Crippen LogP contribution in [0.15, 0.2) is 24.3 Å². The Morgan fingerprint density at radius 3 is 2.71 bits per heavy atom. The van der Waals surface area contributed by atoms with Gasteiger partial charge in [-0.1, -0.05) is 29.8 Å². The average molecular weight is 310 g/mol. The van der Waals surface area contributed by atoms with Gasteiger partial charge in [-0.05, 0) is 38.9 Å². The number of aromatic nitrogens is 2. The van der Waals surface area contributed by atoms with Crippen molar-refractivity contribution in [1.29, 1.82) is 0 Å². The molecular weight excluding hydrogens is 289 g/mol. The van der Waals surface area contributed by atoms with Crippen molar-refractivity contribution in [2.75, 3.05) is 13.6 Å². The molecule has 0 radical (unpaired) electrons. The lowest BCUT2D eigenvalue weighted by molar-refractivity contribution is 0.532. The maximum atomic E-state index is 14.1. The van der Waals surface area contributed by atoms with E-state index in [0.717, 1.165) is 17.9 Å². The summed E-state index contributed by atoms with van der Waals surface area (Å²) in [5.74, 6) is -0.150. The summed E-state index contributed by atoms with van der Waals surface area (Å²) in [5, 5.41) is 8.26. The highest BCUT2D eigenvalue weighted by Gasteiger charge is 2.21. The highest BCUT2D eigenvalue weighted by atomic mass is 35.5. The van der Waals surface area contributed by atoms with Gasteiger partial charge in [0.15, 0.2) is 0 Å². The Morgan fingerprint density at radius 2 is 2.10 bits per heavy atom. The molecule has 2 rings (SSSR count). The van der Waals surface area contributed by atoms with E-state index in [1.807, 2.05) is 37.7 Å². The van der Waals surface area contributed by atoms with Crippen LogP contribution in [0.2, 0.25) is 5.02 Å². The molecule has 0 bridgehead atoms. The Kier molecular flexibility index (Phi) is 5.37. The van der Waals surface area contributed by atoms with Gasteiger partial charge >= 0.3 is 0 Å². The minimum absolute atomic E-state index is 0.0232. The molecule has 5 heteroatoms. The van der Waals surface area contributed by atoms with Crippen molar-refractivity contribution in [2.45, 2.75) is 32.7 Å².